The number of nitrogens with one attached hydrogen (secondary N) is 2. The molecule has 0 unspecified atom stereocenters. The van der Waals surface area contributed by atoms with Gasteiger partial charge in [-0.05, 0) is 48.4 Å². The number of rotatable bonds is 5. The third-order valence-electron chi connectivity index (χ3n) is 4.39. The number of benzene rings is 1. The van der Waals surface area contributed by atoms with Gasteiger partial charge in [-0.25, -0.2) is 10.3 Å². The quantitative estimate of drug-likeness (QED) is 0.458. The summed E-state index contributed by atoms with van der Waals surface area (Å²) < 4.78 is -0.295. The van der Waals surface area contributed by atoms with Crippen LogP contribution in [0.15, 0.2) is 36.4 Å². The molecule has 1 atom stereocenters. The highest BCUT2D eigenvalue weighted by Crippen LogP contribution is 2.50. The van der Waals surface area contributed by atoms with Gasteiger partial charge in [0.05, 0.1) is 4.75 Å². The Morgan fingerprint density at radius 2 is 2.08 bits per heavy atom. The first kappa shape index (κ1) is 18.8. The molecule has 8 heteroatoms. The molecular formula is C18H21N3O3S2. The van der Waals surface area contributed by atoms with Gasteiger partial charge >= 0.3 is 6.03 Å². The van der Waals surface area contributed by atoms with Crippen molar-refractivity contribution in [3.63, 3.8) is 0 Å². The molecule has 0 saturated carbocycles. The van der Waals surface area contributed by atoms with Crippen molar-refractivity contribution in [2.24, 2.45) is 5.73 Å². The Morgan fingerprint density at radius 3 is 2.77 bits per heavy atom. The van der Waals surface area contributed by atoms with Crippen molar-refractivity contribution in [3.05, 3.63) is 41.3 Å². The van der Waals surface area contributed by atoms with E-state index in [1.165, 1.54) is 0 Å². The van der Waals surface area contributed by atoms with Gasteiger partial charge in [-0.1, -0.05) is 18.6 Å². The van der Waals surface area contributed by atoms with Crippen LogP contribution in [0.4, 0.5) is 10.5 Å². The topological polar surface area (TPSA) is 104 Å². The zero-order valence-electron chi connectivity index (χ0n) is 14.2. The van der Waals surface area contributed by atoms with E-state index < -0.39 is 6.03 Å². The molecule has 0 spiro atoms. The van der Waals surface area contributed by atoms with Crippen LogP contribution in [0.25, 0.3) is 10.4 Å². The molecule has 1 aromatic carbocycles. The maximum absolute atomic E-state index is 11.9. The van der Waals surface area contributed by atoms with Crippen LogP contribution in [0, 0.1) is 0 Å². The fraction of sp³-hybridized carbons (Fsp3) is 0.333. The smallest absolute Gasteiger partial charge is 0.316 e. The number of thiophene rings is 1. The predicted molar refractivity (Wildman–Crippen MR) is 105 cm³/mol. The molecule has 5 N–H and O–H groups in total. The van der Waals surface area contributed by atoms with Gasteiger partial charge < -0.3 is 11.1 Å². The number of nitrogens with two attached hydrogens (primary N) is 1. The lowest BCUT2D eigenvalue weighted by atomic mass is 9.94. The Balaban J connectivity index is 1.89. The van der Waals surface area contributed by atoms with Crippen LogP contribution in [0.1, 0.15) is 30.6 Å². The molecule has 1 aliphatic rings. The van der Waals surface area contributed by atoms with Crippen LogP contribution in [0.2, 0.25) is 0 Å². The zero-order chi connectivity index (χ0) is 18.6. The Kier molecular flexibility index (Phi) is 5.85. The van der Waals surface area contributed by atoms with Gasteiger partial charge in [-0.2, -0.15) is 0 Å². The number of primary amides is 1. The molecule has 0 radical (unpaired) electrons. The van der Waals surface area contributed by atoms with Crippen molar-refractivity contribution in [1.82, 2.24) is 5.48 Å². The van der Waals surface area contributed by atoms with Crippen LogP contribution in [0.3, 0.4) is 0 Å². The standard InChI is InChI=1S/C18H21N3O3S2/c19-17(23)20-13-5-3-4-12(10-13)14-6-7-15(26-14)18(11-16(22)21-24)8-1-2-9-25-18/h3-7,10,24H,1-2,8-9,11H2,(H,21,22)(H3,19,20,23)/t18-/m0/s1. The van der Waals surface area contributed by atoms with Gasteiger partial charge in [-0.3, -0.25) is 10.0 Å². The van der Waals surface area contributed by atoms with Crippen molar-refractivity contribution >= 4 is 40.7 Å². The van der Waals surface area contributed by atoms with Gasteiger partial charge in [0.15, 0.2) is 0 Å². The minimum Gasteiger partial charge on any atom is -0.351 e. The second kappa shape index (κ2) is 8.11. The molecule has 1 fully saturated rings. The summed E-state index contributed by atoms with van der Waals surface area (Å²) in [6, 6.07) is 11.0. The molecule has 0 aliphatic carbocycles. The third-order valence-corrected chi connectivity index (χ3v) is 7.48. The van der Waals surface area contributed by atoms with Crippen LogP contribution < -0.4 is 16.5 Å². The zero-order valence-corrected chi connectivity index (χ0v) is 15.8. The average Bonchev–Trinajstić information content (AvgIpc) is 3.13. The summed E-state index contributed by atoms with van der Waals surface area (Å²) >= 11 is 3.44. The van der Waals surface area contributed by atoms with Crippen molar-refractivity contribution in [2.45, 2.75) is 30.4 Å². The Hall–Kier alpha value is -2.03. The summed E-state index contributed by atoms with van der Waals surface area (Å²) in [4.78, 5) is 25.1. The summed E-state index contributed by atoms with van der Waals surface area (Å²) in [5.41, 5.74) is 8.58. The number of thioether (sulfide) groups is 1. The minimum absolute atomic E-state index is 0.261. The number of urea groups is 1. The van der Waals surface area contributed by atoms with E-state index in [2.05, 4.69) is 11.4 Å². The highest BCUT2D eigenvalue weighted by Gasteiger charge is 2.38. The van der Waals surface area contributed by atoms with E-state index in [-0.39, 0.29) is 17.1 Å². The van der Waals surface area contributed by atoms with Gasteiger partial charge in [0.2, 0.25) is 5.91 Å². The second-order valence-corrected chi connectivity index (χ2v) is 8.81. The Bertz CT molecular complexity index is 800. The third kappa shape index (κ3) is 4.20. The van der Waals surface area contributed by atoms with Crippen molar-refractivity contribution < 1.29 is 14.8 Å². The fourth-order valence-corrected chi connectivity index (χ4v) is 6.09. The Labute approximate surface area is 160 Å². The number of carbonyl (C=O) groups excluding carboxylic acids is 2. The van der Waals surface area contributed by atoms with E-state index >= 15 is 0 Å². The van der Waals surface area contributed by atoms with E-state index in [1.807, 2.05) is 24.3 Å². The molecule has 26 heavy (non-hydrogen) atoms. The summed E-state index contributed by atoms with van der Waals surface area (Å²) in [6.07, 6.45) is 3.38. The number of carbonyl (C=O) groups is 2. The lowest BCUT2D eigenvalue weighted by molar-refractivity contribution is -0.129. The number of amides is 3. The first-order valence-electron chi connectivity index (χ1n) is 8.36. The van der Waals surface area contributed by atoms with Crippen LogP contribution in [-0.4, -0.2) is 22.9 Å². The normalized spacial score (nSPS) is 19.7. The molecule has 1 saturated heterocycles. The van der Waals surface area contributed by atoms with Crippen LogP contribution in [-0.2, 0) is 9.54 Å². The first-order valence-corrected chi connectivity index (χ1v) is 10.2. The molecular weight excluding hydrogens is 370 g/mol. The van der Waals surface area contributed by atoms with E-state index in [1.54, 1.807) is 34.6 Å². The molecule has 138 valence electrons. The molecule has 2 aromatic rings. The highest BCUT2D eigenvalue weighted by molar-refractivity contribution is 8.00. The molecule has 6 nitrogen and oxygen atoms in total. The molecule has 3 rings (SSSR count). The van der Waals surface area contributed by atoms with Crippen molar-refractivity contribution in [3.8, 4) is 10.4 Å². The van der Waals surface area contributed by atoms with E-state index in [0.29, 0.717) is 5.69 Å². The van der Waals surface area contributed by atoms with Gasteiger partial charge in [0.1, 0.15) is 0 Å². The monoisotopic (exact) mass is 391 g/mol. The molecule has 2 heterocycles. The van der Waals surface area contributed by atoms with Crippen LogP contribution in [0.5, 0.6) is 0 Å². The maximum atomic E-state index is 11.9. The summed E-state index contributed by atoms with van der Waals surface area (Å²) in [5, 5.41) is 11.5. The fourth-order valence-electron chi connectivity index (χ4n) is 3.20. The lowest BCUT2D eigenvalue weighted by Crippen LogP contribution is -2.32. The van der Waals surface area contributed by atoms with E-state index in [9.17, 15) is 9.59 Å². The minimum atomic E-state index is -0.596. The molecule has 1 aliphatic heterocycles. The average molecular weight is 392 g/mol. The molecule has 0 bridgehead atoms. The van der Waals surface area contributed by atoms with Crippen LogP contribution >= 0.6 is 23.1 Å². The van der Waals surface area contributed by atoms with Gasteiger partial charge in [0.25, 0.3) is 0 Å². The van der Waals surface area contributed by atoms with Crippen molar-refractivity contribution in [2.75, 3.05) is 11.1 Å². The summed E-state index contributed by atoms with van der Waals surface area (Å²) in [6.45, 7) is 0. The largest absolute Gasteiger partial charge is 0.351 e. The summed E-state index contributed by atoms with van der Waals surface area (Å²) in [7, 11) is 0. The van der Waals surface area contributed by atoms with E-state index in [4.69, 9.17) is 10.9 Å². The molecule has 1 aromatic heterocycles. The predicted octanol–water partition coefficient (Wildman–Crippen LogP) is 3.91. The van der Waals surface area contributed by atoms with Crippen molar-refractivity contribution in [1.29, 1.82) is 0 Å². The molecule has 3 amide bonds. The summed E-state index contributed by atoms with van der Waals surface area (Å²) in [5.74, 6) is 0.645. The SMILES string of the molecule is NC(=O)Nc1cccc(-c2ccc([C@@]3(CC(=O)NO)CCCCS3)s2)c1. The number of hydroxylamine groups is 1. The number of hydrogen-bond donors (Lipinski definition) is 4. The Morgan fingerprint density at radius 1 is 1.23 bits per heavy atom. The first-order chi connectivity index (χ1) is 12.5. The lowest BCUT2D eigenvalue weighted by Gasteiger charge is -2.35. The second-order valence-electron chi connectivity index (χ2n) is 6.25. The van der Waals surface area contributed by atoms with E-state index in [0.717, 1.165) is 40.3 Å². The van der Waals surface area contributed by atoms with Gasteiger partial charge in [0, 0.05) is 21.9 Å². The maximum Gasteiger partial charge on any atom is 0.316 e. The number of anilines is 1. The highest BCUT2D eigenvalue weighted by atomic mass is 32.2. The number of hydrogen-bond acceptors (Lipinski definition) is 5. The van der Waals surface area contributed by atoms with Gasteiger partial charge in [-0.15, -0.1) is 23.1 Å².